The summed E-state index contributed by atoms with van der Waals surface area (Å²) in [7, 11) is 1.79. The molecule has 0 aromatic heterocycles. The molecule has 0 saturated heterocycles. The Kier molecular flexibility index (Phi) is 3.97. The molecule has 1 amide bonds. The first-order chi connectivity index (χ1) is 8.61. The number of amides is 1. The van der Waals surface area contributed by atoms with Crippen LogP contribution in [0.3, 0.4) is 0 Å². The van der Waals surface area contributed by atoms with Crippen LogP contribution in [-0.4, -0.2) is 30.4 Å². The van der Waals surface area contributed by atoms with Gasteiger partial charge in [0.15, 0.2) is 0 Å². The number of likely N-dealkylation sites (N-methyl/N-ethyl adjacent to an activating group) is 1. The van der Waals surface area contributed by atoms with Crippen LogP contribution in [-0.2, 0) is 11.2 Å². The third-order valence-corrected chi connectivity index (χ3v) is 3.54. The third-order valence-electron chi connectivity index (χ3n) is 3.54. The summed E-state index contributed by atoms with van der Waals surface area (Å²) in [5.41, 5.74) is 6.42. The van der Waals surface area contributed by atoms with E-state index in [0.29, 0.717) is 18.0 Å². The standard InChI is InChI=1S/C14H19FN2O/c1-17(13(9-16)11-5-6-11)14(18)8-10-3-2-4-12(15)7-10/h2-4,7,11,13H,5-6,8-9,16H2,1H3. The summed E-state index contributed by atoms with van der Waals surface area (Å²) in [6, 6.07) is 6.30. The van der Waals surface area contributed by atoms with Crippen molar-refractivity contribution >= 4 is 5.91 Å². The predicted octanol–water partition coefficient (Wildman–Crippen LogP) is 1.56. The van der Waals surface area contributed by atoms with Gasteiger partial charge in [0.25, 0.3) is 0 Å². The molecular formula is C14H19FN2O. The zero-order valence-electron chi connectivity index (χ0n) is 10.6. The molecule has 0 aliphatic heterocycles. The van der Waals surface area contributed by atoms with Crippen molar-refractivity contribution in [3.8, 4) is 0 Å². The minimum Gasteiger partial charge on any atom is -0.341 e. The normalized spacial score (nSPS) is 16.4. The number of hydrogen-bond acceptors (Lipinski definition) is 2. The summed E-state index contributed by atoms with van der Waals surface area (Å²) in [5.74, 6) is 0.250. The molecule has 3 nitrogen and oxygen atoms in total. The Labute approximate surface area is 107 Å². The maximum atomic E-state index is 13.0. The van der Waals surface area contributed by atoms with Crippen LogP contribution < -0.4 is 5.73 Å². The van der Waals surface area contributed by atoms with Gasteiger partial charge in [-0.3, -0.25) is 4.79 Å². The molecule has 1 fully saturated rings. The molecule has 18 heavy (non-hydrogen) atoms. The van der Waals surface area contributed by atoms with E-state index in [9.17, 15) is 9.18 Å². The molecule has 1 aromatic rings. The average molecular weight is 250 g/mol. The van der Waals surface area contributed by atoms with E-state index < -0.39 is 0 Å². The highest BCUT2D eigenvalue weighted by Crippen LogP contribution is 2.34. The number of rotatable bonds is 5. The maximum Gasteiger partial charge on any atom is 0.227 e. The first-order valence-corrected chi connectivity index (χ1v) is 6.32. The fraction of sp³-hybridized carbons (Fsp3) is 0.500. The van der Waals surface area contributed by atoms with Gasteiger partial charge in [-0.15, -0.1) is 0 Å². The van der Waals surface area contributed by atoms with Crippen molar-refractivity contribution in [1.82, 2.24) is 4.90 Å². The summed E-state index contributed by atoms with van der Waals surface area (Å²) in [6.07, 6.45) is 2.54. The van der Waals surface area contributed by atoms with Gasteiger partial charge in [-0.25, -0.2) is 4.39 Å². The van der Waals surface area contributed by atoms with Crippen molar-refractivity contribution < 1.29 is 9.18 Å². The van der Waals surface area contributed by atoms with E-state index in [1.165, 1.54) is 12.1 Å². The molecule has 1 atom stereocenters. The summed E-state index contributed by atoms with van der Waals surface area (Å²) < 4.78 is 13.0. The van der Waals surface area contributed by atoms with E-state index in [-0.39, 0.29) is 24.2 Å². The maximum absolute atomic E-state index is 13.0. The third kappa shape index (κ3) is 3.07. The van der Waals surface area contributed by atoms with Gasteiger partial charge >= 0.3 is 0 Å². The molecule has 98 valence electrons. The topological polar surface area (TPSA) is 46.3 Å². The number of carbonyl (C=O) groups is 1. The van der Waals surface area contributed by atoms with Crippen LogP contribution in [0.15, 0.2) is 24.3 Å². The number of hydrogen-bond donors (Lipinski definition) is 1. The quantitative estimate of drug-likeness (QED) is 0.862. The molecule has 2 rings (SSSR count). The molecule has 1 unspecified atom stereocenters. The summed E-state index contributed by atoms with van der Waals surface area (Å²) in [6.45, 7) is 0.496. The molecule has 0 radical (unpaired) electrons. The van der Waals surface area contributed by atoms with Crippen molar-refractivity contribution in [2.24, 2.45) is 11.7 Å². The van der Waals surface area contributed by atoms with Gasteiger partial charge < -0.3 is 10.6 Å². The predicted molar refractivity (Wildman–Crippen MR) is 68.4 cm³/mol. The lowest BCUT2D eigenvalue weighted by molar-refractivity contribution is -0.131. The Bertz CT molecular complexity index is 432. The highest BCUT2D eigenvalue weighted by Gasteiger charge is 2.34. The summed E-state index contributed by atoms with van der Waals surface area (Å²) in [5, 5.41) is 0. The molecule has 0 spiro atoms. The Morgan fingerprint density at radius 2 is 2.28 bits per heavy atom. The Balaban J connectivity index is 1.98. The monoisotopic (exact) mass is 250 g/mol. The number of carbonyl (C=O) groups excluding carboxylic acids is 1. The molecule has 1 aliphatic rings. The lowest BCUT2D eigenvalue weighted by Gasteiger charge is -2.27. The Hall–Kier alpha value is -1.42. The van der Waals surface area contributed by atoms with E-state index in [1.54, 1.807) is 24.1 Å². The Morgan fingerprint density at radius 3 is 2.83 bits per heavy atom. The van der Waals surface area contributed by atoms with Crippen LogP contribution >= 0.6 is 0 Å². The van der Waals surface area contributed by atoms with Crippen LogP contribution in [0.4, 0.5) is 4.39 Å². The van der Waals surface area contributed by atoms with Crippen molar-refractivity contribution in [3.63, 3.8) is 0 Å². The number of nitrogens with zero attached hydrogens (tertiary/aromatic N) is 1. The van der Waals surface area contributed by atoms with Crippen LogP contribution in [0.1, 0.15) is 18.4 Å². The number of benzene rings is 1. The second-order valence-corrected chi connectivity index (χ2v) is 4.95. The van der Waals surface area contributed by atoms with Crippen LogP contribution in [0.5, 0.6) is 0 Å². The fourth-order valence-corrected chi connectivity index (χ4v) is 2.28. The Morgan fingerprint density at radius 1 is 1.56 bits per heavy atom. The molecule has 0 heterocycles. The second-order valence-electron chi connectivity index (χ2n) is 4.95. The lowest BCUT2D eigenvalue weighted by Crippen LogP contribution is -2.43. The zero-order chi connectivity index (χ0) is 13.1. The molecule has 1 aliphatic carbocycles. The van der Waals surface area contributed by atoms with Crippen molar-refractivity contribution in [3.05, 3.63) is 35.6 Å². The molecule has 1 saturated carbocycles. The largest absolute Gasteiger partial charge is 0.341 e. The fourth-order valence-electron chi connectivity index (χ4n) is 2.28. The van der Waals surface area contributed by atoms with Crippen LogP contribution in [0.25, 0.3) is 0 Å². The van der Waals surface area contributed by atoms with Gasteiger partial charge in [0.05, 0.1) is 6.42 Å². The summed E-state index contributed by atoms with van der Waals surface area (Å²) >= 11 is 0. The van der Waals surface area contributed by atoms with Crippen molar-refractivity contribution in [2.75, 3.05) is 13.6 Å². The van der Waals surface area contributed by atoms with E-state index >= 15 is 0 Å². The van der Waals surface area contributed by atoms with Gasteiger partial charge in [-0.05, 0) is 36.5 Å². The first kappa shape index (κ1) is 13.0. The molecule has 1 aromatic carbocycles. The second kappa shape index (κ2) is 5.48. The first-order valence-electron chi connectivity index (χ1n) is 6.32. The minimum atomic E-state index is -0.305. The minimum absolute atomic E-state index is 0.00273. The van der Waals surface area contributed by atoms with Crippen molar-refractivity contribution in [1.29, 1.82) is 0 Å². The smallest absolute Gasteiger partial charge is 0.227 e. The molecule has 0 bridgehead atoms. The molecule has 2 N–H and O–H groups in total. The van der Waals surface area contributed by atoms with Crippen molar-refractivity contribution in [2.45, 2.75) is 25.3 Å². The van der Waals surface area contributed by atoms with Gasteiger partial charge in [-0.1, -0.05) is 12.1 Å². The van der Waals surface area contributed by atoms with Crippen LogP contribution in [0.2, 0.25) is 0 Å². The van der Waals surface area contributed by atoms with Gasteiger partial charge in [0, 0.05) is 19.6 Å². The van der Waals surface area contributed by atoms with Gasteiger partial charge in [0.2, 0.25) is 5.91 Å². The number of halogens is 1. The SMILES string of the molecule is CN(C(=O)Cc1cccc(F)c1)C(CN)C1CC1. The lowest BCUT2D eigenvalue weighted by atomic mass is 10.1. The summed E-state index contributed by atoms with van der Waals surface area (Å²) in [4.78, 5) is 13.8. The van der Waals surface area contributed by atoms with Gasteiger partial charge in [0.1, 0.15) is 5.82 Å². The van der Waals surface area contributed by atoms with Crippen LogP contribution in [0, 0.1) is 11.7 Å². The zero-order valence-corrected chi connectivity index (χ0v) is 10.6. The van der Waals surface area contributed by atoms with Gasteiger partial charge in [-0.2, -0.15) is 0 Å². The van der Waals surface area contributed by atoms with E-state index in [4.69, 9.17) is 5.73 Å². The average Bonchev–Trinajstić information content (AvgIpc) is 3.14. The molecular weight excluding hydrogens is 231 g/mol. The molecule has 4 heteroatoms. The number of nitrogens with two attached hydrogens (primary N) is 1. The highest BCUT2D eigenvalue weighted by atomic mass is 19.1. The van der Waals surface area contributed by atoms with E-state index in [1.807, 2.05) is 0 Å². The van der Waals surface area contributed by atoms with E-state index in [0.717, 1.165) is 12.8 Å². The highest BCUT2D eigenvalue weighted by molar-refractivity contribution is 5.78. The van der Waals surface area contributed by atoms with E-state index in [2.05, 4.69) is 0 Å².